The molecule has 28 valence electrons. The molecule has 0 saturated heterocycles. The average molecular weight is 90.2 g/mol. The predicted octanol–water partition coefficient (Wildman–Crippen LogP) is -0.187. The second kappa shape index (κ2) is 4.14. The van der Waals surface area contributed by atoms with E-state index in [1.54, 1.807) is 14.2 Å². The summed E-state index contributed by atoms with van der Waals surface area (Å²) in [4.78, 5) is 0. The van der Waals surface area contributed by atoms with Gasteiger partial charge in [-0.3, -0.25) is 0 Å². The molecule has 0 aliphatic heterocycles. The van der Waals surface area contributed by atoms with Crippen LogP contribution in [-0.2, 0) is 8.85 Å². The van der Waals surface area contributed by atoms with E-state index in [2.05, 4.69) is 8.85 Å². The lowest BCUT2D eigenvalue weighted by atomic mass is 11.8. The van der Waals surface area contributed by atoms with Gasteiger partial charge in [-0.2, -0.15) is 0 Å². The fourth-order valence-electron chi connectivity index (χ4n) is 0.0833. The maximum Gasteiger partial charge on any atom is 1.46 e. The van der Waals surface area contributed by atoms with Gasteiger partial charge in [-0.15, -0.1) is 0 Å². The Morgan fingerprint density at radius 1 is 1.20 bits per heavy atom. The van der Waals surface area contributed by atoms with Crippen molar-refractivity contribution in [1.82, 2.24) is 0 Å². The Bertz CT molecular complexity index is 15.1. The van der Waals surface area contributed by atoms with E-state index in [0.29, 0.717) is 0 Å². The summed E-state index contributed by atoms with van der Waals surface area (Å²) in [6, 6.07) is 0. The van der Waals surface area contributed by atoms with Crippen LogP contribution in [0.25, 0.3) is 0 Å². The normalized spacial score (nSPS) is 6.80. The molecule has 0 amide bonds. The molecule has 0 aromatic carbocycles. The molecule has 0 atom stereocenters. The molecule has 0 rings (SSSR count). The largest absolute Gasteiger partial charge is 1.46 e. The third-order valence-electron chi connectivity index (χ3n) is 0.167. The van der Waals surface area contributed by atoms with Crippen LogP contribution in [0.2, 0.25) is 0 Å². The number of hydrogen-bond donors (Lipinski definition) is 0. The van der Waals surface area contributed by atoms with Crippen LogP contribution in [0.1, 0.15) is 0 Å². The topological polar surface area (TPSA) is 18.5 Å². The smallest absolute Gasteiger partial charge is 0.0272 e. The lowest BCUT2D eigenvalue weighted by Crippen LogP contribution is -1.93. The molecule has 3 heteroatoms. The van der Waals surface area contributed by atoms with Crippen LogP contribution >= 0.6 is 0 Å². The highest BCUT2D eigenvalue weighted by Gasteiger charge is 2.44. The second-order valence-corrected chi connectivity index (χ2v) is 1.47. The minimum absolute atomic E-state index is 0.198. The number of rotatable bonds is 2. The molecule has 0 N–H and O–H groups in total. The van der Waals surface area contributed by atoms with Crippen molar-refractivity contribution in [3.8, 4) is 0 Å². The molecule has 0 fully saturated rings. The number of hydrogen-bond acceptors (Lipinski definition) is 2. The van der Waals surface area contributed by atoms with Crippen molar-refractivity contribution in [2.24, 2.45) is 0 Å². The van der Waals surface area contributed by atoms with Gasteiger partial charge in [-0.1, -0.05) is 0 Å². The van der Waals surface area contributed by atoms with Gasteiger partial charge in [0, 0.05) is 0 Å². The Hall–Kier alpha value is 0.137. The summed E-state index contributed by atoms with van der Waals surface area (Å²) in [5, 5.41) is 0. The summed E-state index contributed by atoms with van der Waals surface area (Å²) >= 11 is 0. The summed E-state index contributed by atoms with van der Waals surface area (Å²) in [6.07, 6.45) is 0. The Labute approximate surface area is 34.2 Å². The zero-order chi connectivity index (χ0) is 4.12. The van der Waals surface area contributed by atoms with Crippen molar-refractivity contribution < 1.29 is 8.85 Å². The van der Waals surface area contributed by atoms with E-state index in [1.807, 2.05) is 0 Å². The van der Waals surface area contributed by atoms with Crippen LogP contribution in [0.3, 0.4) is 0 Å². The van der Waals surface area contributed by atoms with Gasteiger partial charge in [-0.25, -0.2) is 0 Å². The third kappa shape index (κ3) is 4.14. The molecule has 2 nitrogen and oxygen atoms in total. The van der Waals surface area contributed by atoms with E-state index in [1.165, 1.54) is 0 Å². The van der Waals surface area contributed by atoms with Gasteiger partial charge in [0.2, 0.25) is 0 Å². The van der Waals surface area contributed by atoms with Crippen molar-refractivity contribution in [3.63, 3.8) is 0 Å². The van der Waals surface area contributed by atoms with Crippen molar-refractivity contribution in [2.45, 2.75) is 0 Å². The first kappa shape index (κ1) is 5.14. The van der Waals surface area contributed by atoms with Crippen LogP contribution in [0, 0.1) is 0 Å². The minimum atomic E-state index is 0.198. The second-order valence-electron chi connectivity index (χ2n) is 0.492. The van der Waals surface area contributed by atoms with E-state index >= 15 is 0 Å². The molecule has 0 bridgehead atoms. The Balaban J connectivity index is 2.19. The lowest BCUT2D eigenvalue weighted by Gasteiger charge is -1.39. The van der Waals surface area contributed by atoms with Crippen LogP contribution < -0.4 is 0 Å². The van der Waals surface area contributed by atoms with Gasteiger partial charge in [0.05, 0.1) is 0 Å². The molecular weight excluding hydrogens is 84.1 g/mol. The molecule has 0 spiro atoms. The van der Waals surface area contributed by atoms with Crippen LogP contribution in [0.5, 0.6) is 0 Å². The molecule has 0 aliphatic carbocycles. The summed E-state index contributed by atoms with van der Waals surface area (Å²) in [5.74, 6) is 0. The highest BCUT2D eigenvalue weighted by Crippen LogP contribution is 1.55. The summed E-state index contributed by atoms with van der Waals surface area (Å²) in [7, 11) is 3.40. The van der Waals surface area contributed by atoms with Crippen molar-refractivity contribution in [1.29, 1.82) is 0 Å². The fourth-order valence-corrected chi connectivity index (χ4v) is 0.250. The van der Waals surface area contributed by atoms with Crippen molar-refractivity contribution in [2.75, 3.05) is 14.2 Å². The molecule has 0 aliphatic rings. The Kier molecular flexibility index (Phi) is 4.25. The van der Waals surface area contributed by atoms with Gasteiger partial charge < -0.3 is 0 Å². The van der Waals surface area contributed by atoms with Gasteiger partial charge in [0.15, 0.2) is 0 Å². The van der Waals surface area contributed by atoms with E-state index in [0.717, 1.165) is 0 Å². The zero-order valence-electron chi connectivity index (χ0n) is 3.32. The predicted molar refractivity (Wildman–Crippen MR) is 19.8 cm³/mol. The van der Waals surface area contributed by atoms with Crippen molar-refractivity contribution >= 4 is 10.0 Å². The molecule has 0 radical (unpaired) electrons. The molecule has 0 saturated carbocycles. The average Bonchev–Trinajstić information content (AvgIpc) is 1.41. The van der Waals surface area contributed by atoms with Crippen LogP contribution in [0.15, 0.2) is 0 Å². The maximum absolute atomic E-state index is 4.50. The highest BCUT2D eigenvalue weighted by molar-refractivity contribution is 6.17. The van der Waals surface area contributed by atoms with Gasteiger partial charge >= 0.3 is 10.0 Å². The van der Waals surface area contributed by atoms with E-state index in [-0.39, 0.29) is 10.0 Å². The maximum atomic E-state index is 4.50. The summed E-state index contributed by atoms with van der Waals surface area (Å²) < 4.78 is 8.99. The lowest BCUT2D eigenvalue weighted by molar-refractivity contribution is 0.309. The molecule has 0 heterocycles. The molecule has 5 heavy (non-hydrogen) atoms. The van der Waals surface area contributed by atoms with Crippen molar-refractivity contribution in [3.05, 3.63) is 0 Å². The van der Waals surface area contributed by atoms with Gasteiger partial charge in [0.1, 0.15) is 14.2 Å². The van der Waals surface area contributed by atoms with E-state index < -0.39 is 0 Å². The van der Waals surface area contributed by atoms with E-state index in [9.17, 15) is 0 Å². The Morgan fingerprint density at radius 3 is 1.60 bits per heavy atom. The van der Waals surface area contributed by atoms with E-state index in [4.69, 9.17) is 0 Å². The third-order valence-corrected chi connectivity index (χ3v) is 0.500. The first-order valence-corrected chi connectivity index (χ1v) is 2.04. The first-order chi connectivity index (χ1) is 2.41. The fraction of sp³-hybridized carbons (Fsp3) is 1.00. The van der Waals surface area contributed by atoms with Crippen LogP contribution in [0.4, 0.5) is 0 Å². The van der Waals surface area contributed by atoms with Gasteiger partial charge in [-0.05, 0) is 8.85 Å². The molecule has 0 unspecified atom stereocenters. The molecular formula is C2H6O2Si+2. The van der Waals surface area contributed by atoms with Gasteiger partial charge in [0.25, 0.3) is 0 Å². The minimum Gasteiger partial charge on any atom is -0.0272 e. The quantitative estimate of drug-likeness (QED) is 0.438. The first-order valence-electron chi connectivity index (χ1n) is 1.22. The zero-order valence-corrected chi connectivity index (χ0v) is 4.32. The monoisotopic (exact) mass is 90.0 g/mol. The highest BCUT2D eigenvalue weighted by atomic mass is 28.3. The SMILES string of the molecule is CO[Si+2]OC. The standard InChI is InChI=1S/C2H6O2Si/c1-3-5-4-2/h1-2H3/q+2. The van der Waals surface area contributed by atoms with Crippen LogP contribution in [-0.4, -0.2) is 24.2 Å². The Morgan fingerprint density at radius 2 is 1.60 bits per heavy atom. The summed E-state index contributed by atoms with van der Waals surface area (Å²) in [6.45, 7) is 0. The molecule has 0 aromatic rings. The molecule has 0 aromatic heterocycles. The summed E-state index contributed by atoms with van der Waals surface area (Å²) in [5.41, 5.74) is 0.